The first-order chi connectivity index (χ1) is 11.4. The molecule has 2 heterocycles. The minimum atomic E-state index is -0.351. The Morgan fingerprint density at radius 2 is 2.17 bits per heavy atom. The van der Waals surface area contributed by atoms with E-state index in [9.17, 15) is 9.59 Å². The van der Waals surface area contributed by atoms with Gasteiger partial charge in [0.1, 0.15) is 5.82 Å². The third-order valence-electron chi connectivity index (χ3n) is 4.14. The summed E-state index contributed by atoms with van der Waals surface area (Å²) in [6, 6.07) is -0.0848. The van der Waals surface area contributed by atoms with Crippen molar-refractivity contribution in [2.24, 2.45) is 7.05 Å². The number of rotatable bonds is 7. The van der Waals surface area contributed by atoms with Crippen LogP contribution in [0.4, 0.5) is 0 Å². The van der Waals surface area contributed by atoms with E-state index in [2.05, 4.69) is 27.2 Å². The van der Waals surface area contributed by atoms with E-state index in [0.29, 0.717) is 18.5 Å². The van der Waals surface area contributed by atoms with E-state index in [1.54, 1.807) is 13.1 Å². The highest BCUT2D eigenvalue weighted by atomic mass is 16.1. The smallest absolute Gasteiger partial charge is 0.345 e. The molecule has 2 aromatic rings. The fourth-order valence-electron chi connectivity index (χ4n) is 2.90. The number of hydrogen-bond donors (Lipinski definition) is 2. The summed E-state index contributed by atoms with van der Waals surface area (Å²) < 4.78 is 1.93. The van der Waals surface area contributed by atoms with Gasteiger partial charge in [0.05, 0.1) is 6.04 Å². The van der Waals surface area contributed by atoms with Crippen LogP contribution in [0.5, 0.6) is 0 Å². The van der Waals surface area contributed by atoms with Crippen molar-refractivity contribution in [1.29, 1.82) is 0 Å². The van der Waals surface area contributed by atoms with Gasteiger partial charge in [-0.05, 0) is 32.3 Å². The van der Waals surface area contributed by atoms with Crippen LogP contribution in [0.2, 0.25) is 0 Å². The number of aryl methyl sites for hydroxylation is 3. The summed E-state index contributed by atoms with van der Waals surface area (Å²) in [5.74, 6) is 0.838. The van der Waals surface area contributed by atoms with Crippen molar-refractivity contribution in [2.75, 3.05) is 0 Å². The van der Waals surface area contributed by atoms with Crippen molar-refractivity contribution in [3.05, 3.63) is 45.7 Å². The van der Waals surface area contributed by atoms with E-state index >= 15 is 0 Å². The van der Waals surface area contributed by atoms with Crippen LogP contribution in [0, 0.1) is 13.8 Å². The normalized spacial score (nSPS) is 12.2. The zero-order valence-electron chi connectivity index (χ0n) is 14.7. The van der Waals surface area contributed by atoms with Crippen molar-refractivity contribution >= 4 is 5.91 Å². The molecule has 2 N–H and O–H groups in total. The van der Waals surface area contributed by atoms with E-state index in [-0.39, 0.29) is 17.6 Å². The maximum absolute atomic E-state index is 12.4. The topological polar surface area (TPSA) is 92.7 Å². The van der Waals surface area contributed by atoms with Crippen molar-refractivity contribution in [3.8, 4) is 0 Å². The molecule has 0 aliphatic rings. The van der Waals surface area contributed by atoms with Gasteiger partial charge in [-0.3, -0.25) is 4.79 Å². The molecule has 130 valence electrons. The number of nitrogens with one attached hydrogen (secondary N) is 2. The van der Waals surface area contributed by atoms with E-state index in [4.69, 9.17) is 0 Å². The lowest BCUT2D eigenvalue weighted by atomic mass is 10.1. The molecule has 0 saturated carbocycles. The van der Waals surface area contributed by atoms with Gasteiger partial charge in [0.25, 0.3) is 0 Å². The molecule has 0 saturated heterocycles. The average Bonchev–Trinajstić information content (AvgIpc) is 2.91. The molecule has 0 aromatic carbocycles. The third-order valence-corrected chi connectivity index (χ3v) is 4.14. The Morgan fingerprint density at radius 3 is 2.75 bits per heavy atom. The van der Waals surface area contributed by atoms with Crippen molar-refractivity contribution in [1.82, 2.24) is 24.8 Å². The van der Waals surface area contributed by atoms with E-state index in [1.165, 1.54) is 0 Å². The van der Waals surface area contributed by atoms with Crippen LogP contribution in [-0.4, -0.2) is 25.4 Å². The van der Waals surface area contributed by atoms with Crippen LogP contribution < -0.4 is 11.0 Å². The average molecular weight is 331 g/mol. The molecular weight excluding hydrogens is 306 g/mol. The van der Waals surface area contributed by atoms with Crippen LogP contribution in [-0.2, 0) is 18.3 Å². The number of aromatic amines is 1. The van der Waals surface area contributed by atoms with Gasteiger partial charge in [-0.25, -0.2) is 9.78 Å². The fraction of sp³-hybridized carbons (Fsp3) is 0.529. The summed E-state index contributed by atoms with van der Waals surface area (Å²) >= 11 is 0. The molecular formula is C17H25N5O2. The van der Waals surface area contributed by atoms with Gasteiger partial charge in [0.15, 0.2) is 0 Å². The van der Waals surface area contributed by atoms with Crippen molar-refractivity contribution in [2.45, 2.75) is 52.5 Å². The Hall–Kier alpha value is -2.44. The van der Waals surface area contributed by atoms with Gasteiger partial charge >= 0.3 is 5.69 Å². The molecule has 0 bridgehead atoms. The van der Waals surface area contributed by atoms with Crippen LogP contribution in [0.1, 0.15) is 55.0 Å². The molecule has 1 atom stereocenters. The minimum absolute atomic E-state index is 0.0264. The van der Waals surface area contributed by atoms with E-state index in [1.807, 2.05) is 24.7 Å². The largest absolute Gasteiger partial charge is 0.346 e. The molecule has 0 radical (unpaired) electrons. The number of aromatic nitrogens is 4. The third kappa shape index (κ3) is 4.31. The quantitative estimate of drug-likeness (QED) is 0.808. The summed E-state index contributed by atoms with van der Waals surface area (Å²) in [6.45, 7) is 5.71. The molecule has 0 fully saturated rings. The molecule has 1 amide bonds. The standard InChI is InChI=1S/C17H25N5O2/c1-5-6-14(16-18-9-10-22(16)4)21-15(23)8-7-13-11(2)19-17(24)20-12(13)3/h9-10,14H,5-8H2,1-4H3,(H,21,23)(H,19,20,24)/t14-/m0/s1. The van der Waals surface area contributed by atoms with Gasteiger partial charge < -0.3 is 14.9 Å². The Balaban J connectivity index is 2.02. The van der Waals surface area contributed by atoms with E-state index in [0.717, 1.165) is 29.9 Å². The maximum atomic E-state index is 12.4. The minimum Gasteiger partial charge on any atom is -0.346 e. The first-order valence-electron chi connectivity index (χ1n) is 8.25. The van der Waals surface area contributed by atoms with Crippen LogP contribution in [0.15, 0.2) is 17.2 Å². The van der Waals surface area contributed by atoms with Gasteiger partial charge in [-0.15, -0.1) is 0 Å². The predicted octanol–water partition coefficient (Wildman–Crippen LogP) is 1.71. The second-order valence-electron chi connectivity index (χ2n) is 6.04. The lowest BCUT2D eigenvalue weighted by molar-refractivity contribution is -0.121. The molecule has 7 heteroatoms. The van der Waals surface area contributed by atoms with Crippen LogP contribution in [0.25, 0.3) is 0 Å². The summed E-state index contributed by atoms with van der Waals surface area (Å²) in [7, 11) is 1.93. The number of amides is 1. The summed E-state index contributed by atoms with van der Waals surface area (Å²) in [4.78, 5) is 34.6. The SMILES string of the molecule is CCC[C@H](NC(=O)CCc1c(C)nc(=O)[nH]c1C)c1nccn1C. The summed E-state index contributed by atoms with van der Waals surface area (Å²) in [5.41, 5.74) is 2.03. The van der Waals surface area contributed by atoms with Gasteiger partial charge in [0, 0.05) is 37.3 Å². The highest BCUT2D eigenvalue weighted by Crippen LogP contribution is 2.17. The molecule has 0 unspecified atom stereocenters. The molecule has 0 aliphatic heterocycles. The maximum Gasteiger partial charge on any atom is 0.345 e. The molecule has 0 aliphatic carbocycles. The number of H-pyrrole nitrogens is 1. The lowest BCUT2D eigenvalue weighted by Gasteiger charge is -2.18. The first-order valence-corrected chi connectivity index (χ1v) is 8.25. The summed E-state index contributed by atoms with van der Waals surface area (Å²) in [6.07, 6.45) is 6.31. The van der Waals surface area contributed by atoms with Crippen LogP contribution in [0.3, 0.4) is 0 Å². The first kappa shape index (κ1) is 17.9. The van der Waals surface area contributed by atoms with Gasteiger partial charge in [-0.2, -0.15) is 4.98 Å². The Kier molecular flexibility index (Phi) is 5.89. The Morgan fingerprint density at radius 1 is 1.42 bits per heavy atom. The molecule has 2 aromatic heterocycles. The molecule has 24 heavy (non-hydrogen) atoms. The fourth-order valence-corrected chi connectivity index (χ4v) is 2.90. The Labute approximate surface area is 141 Å². The number of carbonyl (C=O) groups is 1. The van der Waals surface area contributed by atoms with Crippen LogP contribution >= 0.6 is 0 Å². The number of hydrogen-bond acceptors (Lipinski definition) is 4. The number of imidazole rings is 1. The predicted molar refractivity (Wildman–Crippen MR) is 91.7 cm³/mol. The zero-order chi connectivity index (χ0) is 17.7. The van der Waals surface area contributed by atoms with Crippen molar-refractivity contribution < 1.29 is 4.79 Å². The second-order valence-corrected chi connectivity index (χ2v) is 6.04. The Bertz CT molecular complexity index is 736. The second kappa shape index (κ2) is 7.90. The number of nitrogens with zero attached hydrogens (tertiary/aromatic N) is 3. The molecule has 7 nitrogen and oxygen atoms in total. The van der Waals surface area contributed by atoms with Gasteiger partial charge in [-0.1, -0.05) is 13.3 Å². The lowest BCUT2D eigenvalue weighted by Crippen LogP contribution is -2.30. The molecule has 0 spiro atoms. The zero-order valence-corrected chi connectivity index (χ0v) is 14.7. The number of carbonyl (C=O) groups excluding carboxylic acids is 1. The van der Waals surface area contributed by atoms with E-state index < -0.39 is 0 Å². The van der Waals surface area contributed by atoms with Crippen molar-refractivity contribution in [3.63, 3.8) is 0 Å². The highest BCUT2D eigenvalue weighted by molar-refractivity contribution is 5.76. The monoisotopic (exact) mass is 331 g/mol. The highest BCUT2D eigenvalue weighted by Gasteiger charge is 2.18. The molecule has 2 rings (SSSR count). The van der Waals surface area contributed by atoms with Gasteiger partial charge in [0.2, 0.25) is 5.91 Å². The summed E-state index contributed by atoms with van der Waals surface area (Å²) in [5, 5.41) is 3.07.